The van der Waals surface area contributed by atoms with Crippen LogP contribution in [0.5, 0.6) is 0 Å². The van der Waals surface area contributed by atoms with Crippen molar-refractivity contribution < 1.29 is 0 Å². The van der Waals surface area contributed by atoms with Crippen molar-refractivity contribution in [3.63, 3.8) is 0 Å². The van der Waals surface area contributed by atoms with Crippen molar-refractivity contribution in [2.24, 2.45) is 0 Å². The van der Waals surface area contributed by atoms with Crippen LogP contribution in [-0.4, -0.2) is 26.5 Å². The highest BCUT2D eigenvalue weighted by Gasteiger charge is 2.00. The summed E-state index contributed by atoms with van der Waals surface area (Å²) in [5.74, 6) is 0. The molecule has 0 aromatic carbocycles. The largest absolute Gasteiger partial charge is 0.381 e. The van der Waals surface area contributed by atoms with E-state index >= 15 is 0 Å². The second-order valence-corrected chi connectivity index (χ2v) is 3.13. The van der Waals surface area contributed by atoms with Crippen LogP contribution in [0, 0.1) is 11.3 Å². The number of nitriles is 1. The van der Waals surface area contributed by atoms with Gasteiger partial charge < -0.3 is 5.32 Å². The summed E-state index contributed by atoms with van der Waals surface area (Å²) in [4.78, 5) is 3.96. The molecule has 2 heterocycles. The summed E-state index contributed by atoms with van der Waals surface area (Å²) in [6.07, 6.45) is 6.65. The molecule has 0 spiro atoms. The number of anilines is 1. The summed E-state index contributed by atoms with van der Waals surface area (Å²) >= 11 is 0. The lowest BCUT2D eigenvalue weighted by atomic mass is 10.2. The number of nitrogens with one attached hydrogen (secondary N) is 1. The third kappa shape index (κ3) is 2.33. The van der Waals surface area contributed by atoms with E-state index in [1.807, 2.05) is 0 Å². The van der Waals surface area contributed by atoms with Gasteiger partial charge in [0.25, 0.3) is 0 Å². The molecule has 0 atom stereocenters. The number of nitrogens with zero attached hydrogens (tertiary/aromatic N) is 5. The van der Waals surface area contributed by atoms with Gasteiger partial charge in [-0.3, -0.25) is 9.67 Å². The molecule has 0 radical (unpaired) electrons. The summed E-state index contributed by atoms with van der Waals surface area (Å²) in [6, 6.07) is 3.78. The third-order valence-corrected chi connectivity index (χ3v) is 2.07. The molecule has 80 valence electrons. The summed E-state index contributed by atoms with van der Waals surface area (Å²) in [6.45, 7) is 1.36. The minimum absolute atomic E-state index is 0.591. The van der Waals surface area contributed by atoms with E-state index in [1.54, 1.807) is 35.5 Å². The molecular formula is C10H10N6. The van der Waals surface area contributed by atoms with E-state index in [0.29, 0.717) is 18.7 Å². The molecule has 6 heteroatoms. The molecule has 0 aliphatic rings. The van der Waals surface area contributed by atoms with Crippen molar-refractivity contribution in [2.75, 3.05) is 11.9 Å². The molecule has 0 aliphatic carbocycles. The van der Waals surface area contributed by atoms with Gasteiger partial charge in [-0.1, -0.05) is 5.21 Å². The van der Waals surface area contributed by atoms with Gasteiger partial charge in [0, 0.05) is 18.9 Å². The standard InChI is InChI=1S/C10H10N6/c11-7-9-1-2-12-8-10(9)13-3-5-16-6-4-14-15-16/h1-2,4,6,8,13H,3,5H2. The number of hydrogen-bond donors (Lipinski definition) is 1. The predicted molar refractivity (Wildman–Crippen MR) is 57.5 cm³/mol. The van der Waals surface area contributed by atoms with E-state index < -0.39 is 0 Å². The molecule has 2 aromatic rings. The first-order chi connectivity index (χ1) is 7.90. The molecule has 0 bridgehead atoms. The lowest BCUT2D eigenvalue weighted by Crippen LogP contribution is -2.11. The Morgan fingerprint density at radius 1 is 1.44 bits per heavy atom. The second kappa shape index (κ2) is 4.89. The van der Waals surface area contributed by atoms with Gasteiger partial charge in [-0.05, 0) is 6.07 Å². The maximum Gasteiger partial charge on any atom is 0.101 e. The molecule has 0 saturated heterocycles. The SMILES string of the molecule is N#Cc1ccncc1NCCn1ccnn1. The fraction of sp³-hybridized carbons (Fsp3) is 0.200. The Kier molecular flexibility index (Phi) is 3.09. The Hall–Kier alpha value is -2.42. The lowest BCUT2D eigenvalue weighted by molar-refractivity contribution is 0.609. The number of pyridine rings is 1. The normalized spacial score (nSPS) is 9.69. The van der Waals surface area contributed by atoms with Gasteiger partial charge in [-0.15, -0.1) is 5.10 Å². The first kappa shape index (κ1) is 10.1. The molecule has 2 rings (SSSR count). The zero-order valence-corrected chi connectivity index (χ0v) is 8.54. The van der Waals surface area contributed by atoms with E-state index in [1.165, 1.54) is 0 Å². The van der Waals surface area contributed by atoms with Crippen LogP contribution in [0.25, 0.3) is 0 Å². The van der Waals surface area contributed by atoms with Gasteiger partial charge in [0.2, 0.25) is 0 Å². The highest BCUT2D eigenvalue weighted by molar-refractivity contribution is 5.55. The van der Waals surface area contributed by atoms with Gasteiger partial charge in [0.15, 0.2) is 0 Å². The van der Waals surface area contributed by atoms with Crippen molar-refractivity contribution in [1.29, 1.82) is 5.26 Å². The molecule has 0 fully saturated rings. The van der Waals surface area contributed by atoms with Crippen LogP contribution in [-0.2, 0) is 6.54 Å². The lowest BCUT2D eigenvalue weighted by Gasteiger charge is -2.06. The Morgan fingerprint density at radius 2 is 2.38 bits per heavy atom. The summed E-state index contributed by atoms with van der Waals surface area (Å²) in [7, 11) is 0. The van der Waals surface area contributed by atoms with Crippen LogP contribution in [0.1, 0.15) is 5.56 Å². The number of hydrogen-bond acceptors (Lipinski definition) is 5. The number of aromatic nitrogens is 4. The van der Waals surface area contributed by atoms with E-state index in [0.717, 1.165) is 5.69 Å². The van der Waals surface area contributed by atoms with E-state index in [-0.39, 0.29) is 0 Å². The topological polar surface area (TPSA) is 79.4 Å². The minimum Gasteiger partial charge on any atom is -0.381 e. The van der Waals surface area contributed by atoms with Gasteiger partial charge in [0.05, 0.1) is 30.2 Å². The van der Waals surface area contributed by atoms with Crippen LogP contribution in [0.3, 0.4) is 0 Å². The van der Waals surface area contributed by atoms with Gasteiger partial charge >= 0.3 is 0 Å². The van der Waals surface area contributed by atoms with Crippen molar-refractivity contribution in [3.8, 4) is 6.07 Å². The van der Waals surface area contributed by atoms with Gasteiger partial charge in [-0.2, -0.15) is 5.26 Å². The fourth-order valence-electron chi connectivity index (χ4n) is 1.29. The second-order valence-electron chi connectivity index (χ2n) is 3.13. The maximum atomic E-state index is 8.86. The molecular weight excluding hydrogens is 204 g/mol. The van der Waals surface area contributed by atoms with Crippen LogP contribution in [0.15, 0.2) is 30.9 Å². The quantitative estimate of drug-likeness (QED) is 0.808. The van der Waals surface area contributed by atoms with Crippen molar-refractivity contribution in [3.05, 3.63) is 36.4 Å². The van der Waals surface area contributed by atoms with Crippen LogP contribution in [0.4, 0.5) is 5.69 Å². The minimum atomic E-state index is 0.591. The zero-order chi connectivity index (χ0) is 11.2. The van der Waals surface area contributed by atoms with E-state index in [2.05, 4.69) is 26.7 Å². The highest BCUT2D eigenvalue weighted by atomic mass is 15.4. The molecule has 1 N–H and O–H groups in total. The molecule has 0 aliphatic heterocycles. The Bertz CT molecular complexity index is 484. The molecule has 16 heavy (non-hydrogen) atoms. The zero-order valence-electron chi connectivity index (χ0n) is 8.54. The molecule has 0 unspecified atom stereocenters. The van der Waals surface area contributed by atoms with E-state index in [9.17, 15) is 0 Å². The van der Waals surface area contributed by atoms with Crippen LogP contribution < -0.4 is 5.32 Å². The highest BCUT2D eigenvalue weighted by Crippen LogP contribution is 2.10. The monoisotopic (exact) mass is 214 g/mol. The molecule has 6 nitrogen and oxygen atoms in total. The molecule has 0 saturated carbocycles. The Morgan fingerprint density at radius 3 is 3.12 bits per heavy atom. The fourth-order valence-corrected chi connectivity index (χ4v) is 1.29. The van der Waals surface area contributed by atoms with E-state index in [4.69, 9.17) is 5.26 Å². The predicted octanol–water partition coefficient (Wildman–Crippen LogP) is 0.657. The molecule has 2 aromatic heterocycles. The molecule has 0 amide bonds. The van der Waals surface area contributed by atoms with Crippen molar-refractivity contribution >= 4 is 5.69 Å². The summed E-state index contributed by atoms with van der Waals surface area (Å²) < 4.78 is 1.72. The summed E-state index contributed by atoms with van der Waals surface area (Å²) in [5.41, 5.74) is 1.33. The first-order valence-electron chi connectivity index (χ1n) is 4.82. The average Bonchev–Trinajstić information content (AvgIpc) is 2.83. The van der Waals surface area contributed by atoms with Crippen molar-refractivity contribution in [1.82, 2.24) is 20.0 Å². The average molecular weight is 214 g/mol. The van der Waals surface area contributed by atoms with Gasteiger partial charge in [0.1, 0.15) is 6.07 Å². The Labute approximate surface area is 92.5 Å². The van der Waals surface area contributed by atoms with Crippen LogP contribution >= 0.6 is 0 Å². The summed E-state index contributed by atoms with van der Waals surface area (Å²) in [5, 5.41) is 19.5. The van der Waals surface area contributed by atoms with Crippen molar-refractivity contribution in [2.45, 2.75) is 6.54 Å². The Balaban J connectivity index is 1.93. The smallest absolute Gasteiger partial charge is 0.101 e. The number of rotatable bonds is 4. The van der Waals surface area contributed by atoms with Gasteiger partial charge in [-0.25, -0.2) is 0 Å². The van der Waals surface area contributed by atoms with Crippen LogP contribution in [0.2, 0.25) is 0 Å². The maximum absolute atomic E-state index is 8.86. The third-order valence-electron chi connectivity index (χ3n) is 2.07. The first-order valence-corrected chi connectivity index (χ1v) is 4.82.